The fourth-order valence-electron chi connectivity index (χ4n) is 3.30. The van der Waals surface area contributed by atoms with Crippen LogP contribution in [-0.4, -0.2) is 47.2 Å². The van der Waals surface area contributed by atoms with Gasteiger partial charge in [0.05, 0.1) is 12.7 Å². The van der Waals surface area contributed by atoms with Gasteiger partial charge in [-0.25, -0.2) is 0 Å². The van der Waals surface area contributed by atoms with Crippen LogP contribution in [0.1, 0.15) is 40.5 Å². The number of hydrogen-bond acceptors (Lipinski definition) is 5. The van der Waals surface area contributed by atoms with Crippen LogP contribution in [0.25, 0.3) is 0 Å². The number of fused-ring (bicyclic) bond motifs is 1. The lowest BCUT2D eigenvalue weighted by atomic mass is 9.79. The van der Waals surface area contributed by atoms with Crippen LogP contribution in [0.4, 0.5) is 0 Å². The van der Waals surface area contributed by atoms with Gasteiger partial charge in [-0.1, -0.05) is 0 Å². The molecule has 104 valence electrons. The van der Waals surface area contributed by atoms with E-state index in [9.17, 15) is 5.11 Å². The Morgan fingerprint density at radius 2 is 1.78 bits per heavy atom. The van der Waals surface area contributed by atoms with Gasteiger partial charge in [0.1, 0.15) is 17.8 Å². The van der Waals surface area contributed by atoms with Crippen LogP contribution in [0, 0.1) is 0 Å². The van der Waals surface area contributed by atoms with E-state index in [4.69, 9.17) is 18.9 Å². The summed E-state index contributed by atoms with van der Waals surface area (Å²) in [5, 5.41) is 10.6. The maximum absolute atomic E-state index is 10.6. The number of aliphatic hydroxyl groups is 1. The molecular weight excluding hydrogens is 236 g/mol. The van der Waals surface area contributed by atoms with Crippen LogP contribution < -0.4 is 0 Å². The summed E-state index contributed by atoms with van der Waals surface area (Å²) >= 11 is 0. The lowest BCUT2D eigenvalue weighted by Gasteiger charge is -2.41. The van der Waals surface area contributed by atoms with Gasteiger partial charge in [-0.3, -0.25) is 0 Å². The molecule has 5 heteroatoms. The molecule has 1 N–H and O–H groups in total. The fourth-order valence-corrected chi connectivity index (χ4v) is 3.30. The highest BCUT2D eigenvalue weighted by Gasteiger charge is 2.60. The lowest BCUT2D eigenvalue weighted by molar-refractivity contribution is -0.217. The maximum atomic E-state index is 10.6. The van der Waals surface area contributed by atoms with E-state index in [1.54, 1.807) is 0 Å². The summed E-state index contributed by atoms with van der Waals surface area (Å²) in [7, 11) is 0. The molecule has 0 amide bonds. The van der Waals surface area contributed by atoms with Gasteiger partial charge in [0.25, 0.3) is 0 Å². The highest BCUT2D eigenvalue weighted by atomic mass is 16.8. The monoisotopic (exact) mass is 258 g/mol. The van der Waals surface area contributed by atoms with Crippen molar-refractivity contribution < 1.29 is 24.1 Å². The molecule has 0 bridgehead atoms. The molecule has 0 radical (unpaired) electrons. The van der Waals surface area contributed by atoms with E-state index >= 15 is 0 Å². The molecule has 0 aromatic rings. The SMILES string of the molecule is CC1(C)OC2CCC3(COC(C)(C)O3)C(O)C2O1. The van der Waals surface area contributed by atoms with E-state index in [0.717, 1.165) is 12.8 Å². The molecule has 1 spiro atoms. The minimum atomic E-state index is -0.709. The summed E-state index contributed by atoms with van der Waals surface area (Å²) in [4.78, 5) is 0. The number of hydrogen-bond donors (Lipinski definition) is 1. The molecule has 0 aromatic carbocycles. The standard InChI is InChI=1S/C13H22O5/c1-11(2)15-7-13(18-11)6-5-8-9(10(13)14)17-12(3,4)16-8/h8-10,14H,5-7H2,1-4H3. The van der Waals surface area contributed by atoms with E-state index in [1.807, 2.05) is 27.7 Å². The Labute approximate surface area is 107 Å². The second-order valence-corrected chi connectivity index (χ2v) is 6.48. The van der Waals surface area contributed by atoms with Crippen molar-refractivity contribution in [1.82, 2.24) is 0 Å². The largest absolute Gasteiger partial charge is 0.387 e. The van der Waals surface area contributed by atoms with E-state index in [1.165, 1.54) is 0 Å². The van der Waals surface area contributed by atoms with Crippen molar-refractivity contribution in [2.45, 2.75) is 76.0 Å². The molecule has 2 aliphatic heterocycles. The second kappa shape index (κ2) is 3.67. The van der Waals surface area contributed by atoms with Gasteiger partial charge >= 0.3 is 0 Å². The first-order valence-electron chi connectivity index (χ1n) is 6.61. The molecule has 2 saturated heterocycles. The molecule has 1 saturated carbocycles. The van der Waals surface area contributed by atoms with Gasteiger partial charge in [0, 0.05) is 0 Å². The first-order valence-corrected chi connectivity index (χ1v) is 6.61. The highest BCUT2D eigenvalue weighted by Crippen LogP contribution is 2.46. The minimum Gasteiger partial charge on any atom is -0.387 e. The quantitative estimate of drug-likeness (QED) is 0.707. The van der Waals surface area contributed by atoms with E-state index in [2.05, 4.69) is 0 Å². The Bertz CT molecular complexity index is 351. The zero-order valence-corrected chi connectivity index (χ0v) is 11.4. The van der Waals surface area contributed by atoms with Crippen molar-refractivity contribution in [3.8, 4) is 0 Å². The zero-order chi connectivity index (χ0) is 13.2. The van der Waals surface area contributed by atoms with Crippen molar-refractivity contribution in [3.63, 3.8) is 0 Å². The Balaban J connectivity index is 1.82. The number of ether oxygens (including phenoxy) is 4. The summed E-state index contributed by atoms with van der Waals surface area (Å²) in [6.45, 7) is 7.91. The molecule has 5 nitrogen and oxygen atoms in total. The van der Waals surface area contributed by atoms with Crippen LogP contribution >= 0.6 is 0 Å². The Morgan fingerprint density at radius 1 is 1.06 bits per heavy atom. The maximum Gasteiger partial charge on any atom is 0.163 e. The van der Waals surface area contributed by atoms with E-state index < -0.39 is 23.3 Å². The molecule has 3 rings (SSSR count). The third-order valence-corrected chi connectivity index (χ3v) is 4.04. The summed E-state index contributed by atoms with van der Waals surface area (Å²) < 4.78 is 23.2. The van der Waals surface area contributed by atoms with E-state index in [0.29, 0.717) is 6.61 Å². The van der Waals surface area contributed by atoms with Gasteiger partial charge in [-0.2, -0.15) is 0 Å². The smallest absolute Gasteiger partial charge is 0.163 e. The van der Waals surface area contributed by atoms with Crippen molar-refractivity contribution in [2.75, 3.05) is 6.61 Å². The van der Waals surface area contributed by atoms with Crippen LogP contribution in [0.5, 0.6) is 0 Å². The van der Waals surface area contributed by atoms with Gasteiger partial charge < -0.3 is 24.1 Å². The number of aliphatic hydroxyl groups excluding tert-OH is 1. The number of rotatable bonds is 0. The minimum absolute atomic E-state index is 0.0482. The van der Waals surface area contributed by atoms with Crippen molar-refractivity contribution in [2.24, 2.45) is 0 Å². The molecule has 3 fully saturated rings. The molecule has 3 aliphatic rings. The highest BCUT2D eigenvalue weighted by molar-refractivity contribution is 5.06. The van der Waals surface area contributed by atoms with Crippen molar-refractivity contribution in [3.05, 3.63) is 0 Å². The van der Waals surface area contributed by atoms with Gasteiger partial charge in [-0.15, -0.1) is 0 Å². The first kappa shape index (κ1) is 12.8. The van der Waals surface area contributed by atoms with Crippen LogP contribution in [0.2, 0.25) is 0 Å². The summed E-state index contributed by atoms with van der Waals surface area (Å²) in [5.41, 5.74) is -0.644. The average molecular weight is 258 g/mol. The molecule has 1 aliphatic carbocycles. The summed E-state index contributed by atoms with van der Waals surface area (Å²) in [5.74, 6) is -1.26. The summed E-state index contributed by atoms with van der Waals surface area (Å²) in [6, 6.07) is 0. The first-order chi connectivity index (χ1) is 8.23. The van der Waals surface area contributed by atoms with Crippen molar-refractivity contribution >= 4 is 0 Å². The lowest BCUT2D eigenvalue weighted by Crippen LogP contribution is -2.58. The van der Waals surface area contributed by atoms with Crippen LogP contribution in [-0.2, 0) is 18.9 Å². The Kier molecular flexibility index (Phi) is 2.61. The Hall–Kier alpha value is -0.200. The third-order valence-electron chi connectivity index (χ3n) is 4.04. The molecule has 2 heterocycles. The molecule has 4 atom stereocenters. The van der Waals surface area contributed by atoms with Gasteiger partial charge in [-0.05, 0) is 40.5 Å². The third kappa shape index (κ3) is 1.89. The normalized spacial score (nSPS) is 49.5. The zero-order valence-electron chi connectivity index (χ0n) is 11.4. The average Bonchev–Trinajstić information content (AvgIpc) is 2.71. The van der Waals surface area contributed by atoms with Crippen molar-refractivity contribution in [1.29, 1.82) is 0 Å². The topological polar surface area (TPSA) is 57.2 Å². The molecule has 0 aromatic heterocycles. The summed E-state index contributed by atoms with van der Waals surface area (Å²) in [6.07, 6.45) is 0.474. The molecule has 4 unspecified atom stereocenters. The molecule has 18 heavy (non-hydrogen) atoms. The molecular formula is C13H22O5. The van der Waals surface area contributed by atoms with Crippen LogP contribution in [0.15, 0.2) is 0 Å². The van der Waals surface area contributed by atoms with Crippen LogP contribution in [0.3, 0.4) is 0 Å². The van der Waals surface area contributed by atoms with Gasteiger partial charge in [0.2, 0.25) is 0 Å². The van der Waals surface area contributed by atoms with E-state index in [-0.39, 0.29) is 12.2 Å². The fraction of sp³-hybridized carbons (Fsp3) is 1.00. The Morgan fingerprint density at radius 3 is 2.39 bits per heavy atom. The predicted octanol–water partition coefficient (Wildman–Crippen LogP) is 1.18. The van der Waals surface area contributed by atoms with Gasteiger partial charge in [0.15, 0.2) is 11.6 Å². The second-order valence-electron chi connectivity index (χ2n) is 6.48. The predicted molar refractivity (Wildman–Crippen MR) is 62.9 cm³/mol.